The van der Waals surface area contributed by atoms with Crippen molar-refractivity contribution < 1.29 is 19.1 Å². The van der Waals surface area contributed by atoms with Crippen LogP contribution in [-0.2, 0) is 14.3 Å². The molecule has 2 aliphatic rings. The number of anilines is 2. The fourth-order valence-corrected chi connectivity index (χ4v) is 2.90. The molecule has 2 aliphatic heterocycles. The lowest BCUT2D eigenvalue weighted by molar-refractivity contribution is -0.114. The Balaban J connectivity index is 1.73. The molecule has 6 nitrogen and oxygen atoms in total. The van der Waals surface area contributed by atoms with Gasteiger partial charge in [0, 0.05) is 12.6 Å². The Bertz CT molecular complexity index is 916. The number of epoxide rings is 1. The van der Waals surface area contributed by atoms with Gasteiger partial charge in [-0.15, -0.1) is 0 Å². The summed E-state index contributed by atoms with van der Waals surface area (Å²) in [6.07, 6.45) is 1.90. The highest BCUT2D eigenvalue weighted by Crippen LogP contribution is 2.40. The highest BCUT2D eigenvalue weighted by atomic mass is 16.6. The molecule has 26 heavy (non-hydrogen) atoms. The molecule has 2 aromatic rings. The molecule has 1 unspecified atom stereocenters. The quantitative estimate of drug-likeness (QED) is 0.642. The number of hydrogen-bond donors (Lipinski definition) is 2. The highest BCUT2D eigenvalue weighted by Gasteiger charge is 2.29. The predicted molar refractivity (Wildman–Crippen MR) is 98.9 cm³/mol. The molecule has 0 radical (unpaired) electrons. The third-order valence-corrected chi connectivity index (χ3v) is 4.19. The second kappa shape index (κ2) is 6.65. The largest absolute Gasteiger partial charge is 0.490 e. The zero-order valence-electron chi connectivity index (χ0n) is 14.2. The van der Waals surface area contributed by atoms with Gasteiger partial charge in [-0.2, -0.15) is 0 Å². The van der Waals surface area contributed by atoms with Crippen molar-refractivity contribution in [1.82, 2.24) is 0 Å². The van der Waals surface area contributed by atoms with Crippen LogP contribution in [-0.4, -0.2) is 31.1 Å². The summed E-state index contributed by atoms with van der Waals surface area (Å²) < 4.78 is 11.0. The minimum Gasteiger partial charge on any atom is -0.490 e. The van der Waals surface area contributed by atoms with Crippen LogP contribution in [0.3, 0.4) is 0 Å². The fourth-order valence-electron chi connectivity index (χ4n) is 2.90. The van der Waals surface area contributed by atoms with Crippen molar-refractivity contribution in [3.8, 4) is 5.75 Å². The average molecular weight is 350 g/mol. The van der Waals surface area contributed by atoms with E-state index < -0.39 is 0 Å². The maximum atomic E-state index is 12.5. The van der Waals surface area contributed by atoms with Crippen LogP contribution < -0.4 is 15.4 Å². The van der Waals surface area contributed by atoms with Gasteiger partial charge in [0.25, 0.3) is 5.91 Å². The minimum absolute atomic E-state index is 0.129. The van der Waals surface area contributed by atoms with E-state index in [9.17, 15) is 9.59 Å². The van der Waals surface area contributed by atoms with Gasteiger partial charge in [0.15, 0.2) is 0 Å². The zero-order valence-corrected chi connectivity index (χ0v) is 14.2. The van der Waals surface area contributed by atoms with E-state index in [0.29, 0.717) is 35.9 Å². The average Bonchev–Trinajstić information content (AvgIpc) is 3.38. The number of carbonyl (C=O) groups excluding carboxylic acids is 2. The fraction of sp³-hybridized carbons (Fsp3) is 0.200. The molecule has 2 amide bonds. The predicted octanol–water partition coefficient (Wildman–Crippen LogP) is 2.92. The van der Waals surface area contributed by atoms with Crippen molar-refractivity contribution in [2.75, 3.05) is 23.8 Å². The van der Waals surface area contributed by atoms with Crippen molar-refractivity contribution in [3.05, 3.63) is 53.6 Å². The van der Waals surface area contributed by atoms with E-state index in [1.54, 1.807) is 12.1 Å². The summed E-state index contributed by atoms with van der Waals surface area (Å²) in [5.74, 6) is 0.275. The van der Waals surface area contributed by atoms with Crippen molar-refractivity contribution >= 4 is 34.8 Å². The van der Waals surface area contributed by atoms with Crippen LogP contribution in [0.15, 0.2) is 42.5 Å². The van der Waals surface area contributed by atoms with Gasteiger partial charge < -0.3 is 20.1 Å². The summed E-state index contributed by atoms with van der Waals surface area (Å²) in [6, 6.07) is 12.9. The minimum atomic E-state index is -0.198. The molecule has 0 spiro atoms. The molecule has 0 saturated carbocycles. The normalized spacial score (nSPS) is 19.0. The number of carbonyl (C=O) groups is 2. The molecule has 1 atom stereocenters. The Hall–Kier alpha value is -3.12. The first kappa shape index (κ1) is 16.4. The van der Waals surface area contributed by atoms with Gasteiger partial charge in [-0.3, -0.25) is 9.59 Å². The topological polar surface area (TPSA) is 80.0 Å². The second-order valence-corrected chi connectivity index (χ2v) is 6.23. The molecule has 2 aromatic carbocycles. The molecule has 6 heteroatoms. The Labute approximate surface area is 150 Å². The molecule has 4 rings (SSSR count). The number of hydrogen-bond acceptors (Lipinski definition) is 4. The Kier molecular flexibility index (Phi) is 4.18. The van der Waals surface area contributed by atoms with E-state index in [4.69, 9.17) is 9.47 Å². The summed E-state index contributed by atoms with van der Waals surface area (Å²) in [4.78, 5) is 24.0. The molecular formula is C20H18N2O4. The number of para-hydroxylation sites is 1. The van der Waals surface area contributed by atoms with Gasteiger partial charge in [-0.1, -0.05) is 24.3 Å². The Morgan fingerprint density at radius 1 is 1.31 bits per heavy atom. The second-order valence-electron chi connectivity index (χ2n) is 6.23. The molecule has 2 heterocycles. The van der Waals surface area contributed by atoms with Crippen LogP contribution >= 0.6 is 0 Å². The number of nitrogens with one attached hydrogen (secondary N) is 2. The van der Waals surface area contributed by atoms with Gasteiger partial charge in [0.2, 0.25) is 5.91 Å². The monoisotopic (exact) mass is 350 g/mol. The van der Waals surface area contributed by atoms with Crippen LogP contribution in [0.1, 0.15) is 18.1 Å². The van der Waals surface area contributed by atoms with Crippen molar-refractivity contribution in [2.24, 2.45) is 0 Å². The molecule has 1 saturated heterocycles. The molecular weight excluding hydrogens is 332 g/mol. The summed E-state index contributed by atoms with van der Waals surface area (Å²) in [6.45, 7) is 2.62. The lowest BCUT2D eigenvalue weighted by Crippen LogP contribution is -2.08. The summed E-state index contributed by atoms with van der Waals surface area (Å²) in [5, 5.41) is 5.65. The van der Waals surface area contributed by atoms with Crippen LogP contribution in [0.25, 0.3) is 11.6 Å². The highest BCUT2D eigenvalue weighted by molar-refractivity contribution is 6.35. The van der Waals surface area contributed by atoms with E-state index in [2.05, 4.69) is 10.6 Å². The van der Waals surface area contributed by atoms with Gasteiger partial charge in [-0.05, 0) is 29.8 Å². The lowest BCUT2D eigenvalue weighted by atomic mass is 10.0. The molecule has 2 N–H and O–H groups in total. The maximum Gasteiger partial charge on any atom is 0.256 e. The first-order chi connectivity index (χ1) is 12.6. The van der Waals surface area contributed by atoms with E-state index in [0.717, 1.165) is 11.1 Å². The third-order valence-electron chi connectivity index (χ3n) is 4.19. The molecule has 0 aliphatic carbocycles. The third kappa shape index (κ3) is 3.32. The SMILES string of the molecule is CC(=O)Nc1ccccc1C=C1C(=O)Nc2cccc(OCC3CO3)c21. The number of benzene rings is 2. The Morgan fingerprint density at radius 3 is 2.88 bits per heavy atom. The molecule has 0 aromatic heterocycles. The summed E-state index contributed by atoms with van der Waals surface area (Å²) in [7, 11) is 0. The first-order valence-corrected chi connectivity index (χ1v) is 8.39. The standard InChI is InChI=1S/C20H18N2O4/c1-12(23)21-16-6-3-2-5-13(16)9-15-19-17(22-20(15)24)7-4-8-18(19)26-11-14-10-25-14/h2-9,14H,10-11H2,1H3,(H,21,23)(H,22,24). The first-order valence-electron chi connectivity index (χ1n) is 8.39. The van der Waals surface area contributed by atoms with Gasteiger partial charge in [0.05, 0.1) is 23.4 Å². The maximum absolute atomic E-state index is 12.5. The number of rotatable bonds is 5. The molecule has 1 fully saturated rings. The summed E-state index contributed by atoms with van der Waals surface area (Å²) in [5.41, 5.74) is 3.35. The van der Waals surface area contributed by atoms with E-state index in [-0.39, 0.29) is 17.9 Å². The van der Waals surface area contributed by atoms with Crippen molar-refractivity contribution in [1.29, 1.82) is 0 Å². The van der Waals surface area contributed by atoms with E-state index in [1.165, 1.54) is 6.92 Å². The zero-order chi connectivity index (χ0) is 18.1. The van der Waals surface area contributed by atoms with Gasteiger partial charge >= 0.3 is 0 Å². The number of fused-ring (bicyclic) bond motifs is 1. The smallest absolute Gasteiger partial charge is 0.256 e. The Morgan fingerprint density at radius 2 is 2.12 bits per heavy atom. The van der Waals surface area contributed by atoms with Crippen LogP contribution in [0.5, 0.6) is 5.75 Å². The van der Waals surface area contributed by atoms with Gasteiger partial charge in [-0.25, -0.2) is 0 Å². The van der Waals surface area contributed by atoms with Gasteiger partial charge in [0.1, 0.15) is 18.5 Å². The van der Waals surface area contributed by atoms with E-state index in [1.807, 2.05) is 36.4 Å². The van der Waals surface area contributed by atoms with Crippen molar-refractivity contribution in [3.63, 3.8) is 0 Å². The molecule has 132 valence electrons. The summed E-state index contributed by atoms with van der Waals surface area (Å²) >= 11 is 0. The van der Waals surface area contributed by atoms with Crippen LogP contribution in [0.2, 0.25) is 0 Å². The van der Waals surface area contributed by atoms with E-state index >= 15 is 0 Å². The number of ether oxygens (including phenoxy) is 2. The lowest BCUT2D eigenvalue weighted by Gasteiger charge is -2.10. The number of amides is 2. The van der Waals surface area contributed by atoms with Crippen LogP contribution in [0.4, 0.5) is 11.4 Å². The van der Waals surface area contributed by atoms with Crippen molar-refractivity contribution in [2.45, 2.75) is 13.0 Å². The van der Waals surface area contributed by atoms with Crippen LogP contribution in [0, 0.1) is 0 Å². The molecule has 0 bridgehead atoms.